The fourth-order valence-corrected chi connectivity index (χ4v) is 2.83. The van der Waals surface area contributed by atoms with Crippen LogP contribution >= 0.6 is 0 Å². The highest BCUT2D eigenvalue weighted by Crippen LogP contribution is 2.26. The summed E-state index contributed by atoms with van der Waals surface area (Å²) in [6.07, 6.45) is 1.95. The number of carboxylic acids is 1. The van der Waals surface area contributed by atoms with E-state index in [4.69, 9.17) is 9.84 Å². The molecule has 7 nitrogen and oxygen atoms in total. The van der Waals surface area contributed by atoms with Gasteiger partial charge >= 0.3 is 5.97 Å². The fraction of sp³-hybridized carbons (Fsp3) is 0.250. The predicted molar refractivity (Wildman–Crippen MR) is 100 cm³/mol. The van der Waals surface area contributed by atoms with Crippen molar-refractivity contribution in [1.29, 1.82) is 0 Å². The molecule has 3 N–H and O–H groups in total. The fourth-order valence-electron chi connectivity index (χ4n) is 2.83. The second-order valence-electron chi connectivity index (χ2n) is 6.25. The molecule has 1 heterocycles. The summed E-state index contributed by atoms with van der Waals surface area (Å²) in [4.78, 5) is 34.3. The average molecular weight is 368 g/mol. The van der Waals surface area contributed by atoms with Crippen molar-refractivity contribution < 1.29 is 24.2 Å². The third-order valence-corrected chi connectivity index (χ3v) is 4.18. The molecule has 0 radical (unpaired) electrons. The number of amides is 2. The van der Waals surface area contributed by atoms with E-state index in [1.807, 2.05) is 12.1 Å². The predicted octanol–water partition coefficient (Wildman–Crippen LogP) is 3.07. The number of carbonyl (C=O) groups excluding carboxylic acids is 2. The zero-order valence-corrected chi connectivity index (χ0v) is 14.7. The minimum atomic E-state index is -1.04. The molecule has 0 saturated carbocycles. The molecular weight excluding hydrogens is 348 g/mol. The molecule has 0 saturated heterocycles. The van der Waals surface area contributed by atoms with Gasteiger partial charge in [-0.25, -0.2) is 4.79 Å². The summed E-state index contributed by atoms with van der Waals surface area (Å²) in [7, 11) is 0. The van der Waals surface area contributed by atoms with E-state index in [0.29, 0.717) is 37.3 Å². The van der Waals surface area contributed by atoms with E-state index in [1.165, 1.54) is 12.1 Å². The lowest BCUT2D eigenvalue weighted by atomic mass is 10.0. The lowest BCUT2D eigenvalue weighted by Crippen LogP contribution is -2.18. The van der Waals surface area contributed by atoms with E-state index in [2.05, 4.69) is 10.6 Å². The van der Waals surface area contributed by atoms with Gasteiger partial charge in [0.1, 0.15) is 5.75 Å². The maximum Gasteiger partial charge on any atom is 0.335 e. The molecule has 0 bridgehead atoms. The van der Waals surface area contributed by atoms with Gasteiger partial charge in [-0.15, -0.1) is 0 Å². The Morgan fingerprint density at radius 3 is 2.81 bits per heavy atom. The molecule has 1 aliphatic rings. The number of anilines is 2. The molecule has 1 aliphatic heterocycles. The Morgan fingerprint density at radius 2 is 2.00 bits per heavy atom. The second-order valence-corrected chi connectivity index (χ2v) is 6.25. The third-order valence-electron chi connectivity index (χ3n) is 4.18. The molecule has 0 spiro atoms. The van der Waals surface area contributed by atoms with Crippen molar-refractivity contribution in [2.75, 3.05) is 17.2 Å². The first-order valence-electron chi connectivity index (χ1n) is 8.70. The number of fused-ring (bicyclic) bond motifs is 1. The van der Waals surface area contributed by atoms with Gasteiger partial charge in [0.05, 0.1) is 12.2 Å². The van der Waals surface area contributed by atoms with Crippen LogP contribution in [0.2, 0.25) is 0 Å². The number of nitrogens with one attached hydrogen (secondary N) is 2. The monoisotopic (exact) mass is 368 g/mol. The van der Waals surface area contributed by atoms with Crippen LogP contribution in [0.1, 0.15) is 35.2 Å². The van der Waals surface area contributed by atoms with Crippen molar-refractivity contribution in [2.24, 2.45) is 0 Å². The Kier molecular flexibility index (Phi) is 5.71. The highest BCUT2D eigenvalue weighted by atomic mass is 16.5. The quantitative estimate of drug-likeness (QED) is 0.652. The van der Waals surface area contributed by atoms with E-state index in [1.54, 1.807) is 18.2 Å². The first-order chi connectivity index (χ1) is 13.0. The van der Waals surface area contributed by atoms with Crippen molar-refractivity contribution >= 4 is 29.2 Å². The van der Waals surface area contributed by atoms with Crippen molar-refractivity contribution in [2.45, 2.75) is 25.7 Å². The Labute approximate surface area is 156 Å². The van der Waals surface area contributed by atoms with Gasteiger partial charge in [-0.1, -0.05) is 6.07 Å². The second kappa shape index (κ2) is 8.35. The molecule has 0 fully saturated rings. The SMILES string of the molecule is O=C(CCCOc1ccc2c(c1)CCC(=O)N2)Nc1cccc(C(=O)O)c1. The summed E-state index contributed by atoms with van der Waals surface area (Å²) in [6.45, 7) is 0.383. The highest BCUT2D eigenvalue weighted by molar-refractivity contribution is 5.94. The number of ether oxygens (including phenoxy) is 1. The third kappa shape index (κ3) is 5.07. The van der Waals surface area contributed by atoms with Gasteiger partial charge in [0.15, 0.2) is 0 Å². The van der Waals surface area contributed by atoms with Crippen LogP contribution in [-0.2, 0) is 16.0 Å². The number of aromatic carboxylic acids is 1. The first kappa shape index (κ1) is 18.4. The molecule has 140 valence electrons. The Bertz CT molecular complexity index is 878. The number of hydrogen-bond donors (Lipinski definition) is 3. The summed E-state index contributed by atoms with van der Waals surface area (Å²) in [6, 6.07) is 11.6. The molecule has 0 aliphatic carbocycles. The maximum absolute atomic E-state index is 12.0. The topological polar surface area (TPSA) is 105 Å². The van der Waals surface area contributed by atoms with Crippen LogP contribution in [0, 0.1) is 0 Å². The lowest BCUT2D eigenvalue weighted by Gasteiger charge is -2.17. The molecular formula is C20H20N2O5. The summed E-state index contributed by atoms with van der Waals surface area (Å²) >= 11 is 0. The number of carboxylic acid groups (broad SMARTS) is 1. The molecule has 27 heavy (non-hydrogen) atoms. The standard InChI is InChI=1S/C20H20N2O5/c23-18(21-15-4-1-3-14(11-15)20(25)26)5-2-10-27-16-7-8-17-13(12-16)6-9-19(24)22-17/h1,3-4,7-8,11-12H,2,5-6,9-10H2,(H,21,23)(H,22,24)(H,25,26). The molecule has 2 aromatic rings. The van der Waals surface area contributed by atoms with E-state index in [-0.39, 0.29) is 23.8 Å². The van der Waals surface area contributed by atoms with Crippen LogP contribution in [-0.4, -0.2) is 29.5 Å². The van der Waals surface area contributed by atoms with Gasteiger partial charge in [0.25, 0.3) is 0 Å². The maximum atomic E-state index is 12.0. The van der Waals surface area contributed by atoms with Crippen LogP contribution in [0.3, 0.4) is 0 Å². The summed E-state index contributed by atoms with van der Waals surface area (Å²) in [5.74, 6) is -0.506. The molecule has 3 rings (SSSR count). The van der Waals surface area contributed by atoms with Crippen molar-refractivity contribution in [3.05, 3.63) is 53.6 Å². The van der Waals surface area contributed by atoms with Gasteiger partial charge in [-0.2, -0.15) is 0 Å². The van der Waals surface area contributed by atoms with Crippen LogP contribution in [0.15, 0.2) is 42.5 Å². The van der Waals surface area contributed by atoms with Gasteiger partial charge < -0.3 is 20.5 Å². The zero-order valence-electron chi connectivity index (χ0n) is 14.7. The van der Waals surface area contributed by atoms with Crippen LogP contribution in [0.25, 0.3) is 0 Å². The molecule has 0 unspecified atom stereocenters. The van der Waals surface area contributed by atoms with Gasteiger partial charge in [0, 0.05) is 24.2 Å². The molecule has 0 atom stereocenters. The number of hydrogen-bond acceptors (Lipinski definition) is 4. The highest BCUT2D eigenvalue weighted by Gasteiger charge is 2.15. The Morgan fingerprint density at radius 1 is 1.15 bits per heavy atom. The summed E-state index contributed by atoms with van der Waals surface area (Å²) < 4.78 is 5.68. The van der Waals surface area contributed by atoms with E-state index in [9.17, 15) is 14.4 Å². The van der Waals surface area contributed by atoms with Gasteiger partial charge in [0.2, 0.25) is 11.8 Å². The van der Waals surface area contributed by atoms with Crippen molar-refractivity contribution in [3.8, 4) is 5.75 Å². The van der Waals surface area contributed by atoms with Gasteiger partial charge in [-0.05, 0) is 54.8 Å². The normalized spacial score (nSPS) is 12.7. The van der Waals surface area contributed by atoms with Gasteiger partial charge in [-0.3, -0.25) is 9.59 Å². The lowest BCUT2D eigenvalue weighted by molar-refractivity contribution is -0.117. The van der Waals surface area contributed by atoms with Crippen LogP contribution < -0.4 is 15.4 Å². The van der Waals surface area contributed by atoms with E-state index < -0.39 is 5.97 Å². The molecule has 0 aromatic heterocycles. The minimum absolute atomic E-state index is 0.0241. The molecule has 2 aromatic carbocycles. The zero-order chi connectivity index (χ0) is 19.2. The average Bonchev–Trinajstić information content (AvgIpc) is 2.65. The number of rotatable bonds is 7. The summed E-state index contributed by atoms with van der Waals surface area (Å²) in [5, 5.41) is 14.5. The largest absolute Gasteiger partial charge is 0.494 e. The summed E-state index contributed by atoms with van der Waals surface area (Å²) in [5.41, 5.74) is 2.45. The molecule has 2 amide bonds. The van der Waals surface area contributed by atoms with Crippen LogP contribution in [0.4, 0.5) is 11.4 Å². The van der Waals surface area contributed by atoms with Crippen molar-refractivity contribution in [3.63, 3.8) is 0 Å². The van der Waals surface area contributed by atoms with E-state index in [0.717, 1.165) is 11.3 Å². The number of benzene rings is 2. The first-order valence-corrected chi connectivity index (χ1v) is 8.70. The van der Waals surface area contributed by atoms with E-state index >= 15 is 0 Å². The Hall–Kier alpha value is -3.35. The number of aryl methyl sites for hydroxylation is 1. The smallest absolute Gasteiger partial charge is 0.335 e. The van der Waals surface area contributed by atoms with Crippen LogP contribution in [0.5, 0.6) is 5.75 Å². The molecule has 7 heteroatoms. The number of carbonyl (C=O) groups is 3. The van der Waals surface area contributed by atoms with Crippen molar-refractivity contribution in [1.82, 2.24) is 0 Å². The minimum Gasteiger partial charge on any atom is -0.494 e. The Balaban J connectivity index is 1.43.